The minimum absolute atomic E-state index is 0.0151. The first-order valence-electron chi connectivity index (χ1n) is 7.87. The molecule has 0 radical (unpaired) electrons. The molecule has 1 atom stereocenters. The number of aliphatic carboxylic acids is 1. The number of piperidine rings is 1. The van der Waals surface area contributed by atoms with Crippen molar-refractivity contribution in [1.82, 2.24) is 10.2 Å². The Morgan fingerprint density at radius 2 is 2.05 bits per heavy atom. The van der Waals surface area contributed by atoms with Crippen molar-refractivity contribution < 1.29 is 19.4 Å². The zero-order valence-corrected chi connectivity index (χ0v) is 13.0. The van der Waals surface area contributed by atoms with Gasteiger partial charge in [-0.15, -0.1) is 0 Å². The Morgan fingerprint density at radius 3 is 2.76 bits per heavy atom. The number of rotatable bonds is 9. The molecule has 0 aromatic rings. The number of carbonyl (C=O) groups is 2. The number of nitrogens with zero attached hydrogens (tertiary/aromatic N) is 1. The highest BCUT2D eigenvalue weighted by Gasteiger charge is 2.23. The van der Waals surface area contributed by atoms with Crippen LogP contribution in [0, 0.1) is 5.92 Å². The van der Waals surface area contributed by atoms with E-state index in [1.807, 2.05) is 4.90 Å². The molecule has 1 rings (SSSR count). The van der Waals surface area contributed by atoms with Gasteiger partial charge < -0.3 is 20.1 Å². The van der Waals surface area contributed by atoms with Crippen molar-refractivity contribution in [2.24, 2.45) is 5.92 Å². The Balaban J connectivity index is 2.06. The molecule has 6 nitrogen and oxygen atoms in total. The van der Waals surface area contributed by atoms with Crippen molar-refractivity contribution in [2.75, 3.05) is 33.4 Å². The summed E-state index contributed by atoms with van der Waals surface area (Å²) in [4.78, 5) is 24.2. The molecular formula is C15H28N2O4. The van der Waals surface area contributed by atoms with E-state index in [-0.39, 0.29) is 12.5 Å². The van der Waals surface area contributed by atoms with E-state index >= 15 is 0 Å². The fraction of sp³-hybridized carbons (Fsp3) is 0.867. The van der Waals surface area contributed by atoms with Gasteiger partial charge in [-0.25, -0.2) is 4.79 Å². The summed E-state index contributed by atoms with van der Waals surface area (Å²) in [6.45, 7) is 2.98. The minimum Gasteiger partial charge on any atom is -0.481 e. The molecule has 1 saturated heterocycles. The van der Waals surface area contributed by atoms with Gasteiger partial charge in [-0.05, 0) is 25.7 Å². The Labute approximate surface area is 126 Å². The third-order valence-corrected chi connectivity index (χ3v) is 3.80. The van der Waals surface area contributed by atoms with Gasteiger partial charge in [0, 0.05) is 39.1 Å². The maximum Gasteiger partial charge on any atom is 0.317 e. The summed E-state index contributed by atoms with van der Waals surface area (Å²) in [5.74, 6) is -0.287. The molecule has 1 heterocycles. The van der Waals surface area contributed by atoms with Gasteiger partial charge in [0.15, 0.2) is 0 Å². The summed E-state index contributed by atoms with van der Waals surface area (Å²) in [5.41, 5.74) is 0. The number of hydrogen-bond donors (Lipinski definition) is 2. The molecule has 122 valence electrons. The first kappa shape index (κ1) is 17.8. The number of amides is 2. The molecule has 1 aliphatic heterocycles. The highest BCUT2D eigenvalue weighted by Crippen LogP contribution is 2.16. The Kier molecular flexibility index (Phi) is 8.82. The summed E-state index contributed by atoms with van der Waals surface area (Å²) in [5, 5.41) is 11.5. The number of nitrogens with one attached hydrogen (secondary N) is 1. The molecule has 1 fully saturated rings. The molecule has 0 spiro atoms. The fourth-order valence-electron chi connectivity index (χ4n) is 2.68. The van der Waals surface area contributed by atoms with Crippen molar-refractivity contribution in [1.29, 1.82) is 0 Å². The average molecular weight is 300 g/mol. The van der Waals surface area contributed by atoms with Crippen LogP contribution in [-0.4, -0.2) is 55.4 Å². The first-order chi connectivity index (χ1) is 10.1. The van der Waals surface area contributed by atoms with Crippen LogP contribution in [0.1, 0.15) is 44.9 Å². The lowest BCUT2D eigenvalue weighted by Gasteiger charge is -2.32. The summed E-state index contributed by atoms with van der Waals surface area (Å²) in [6.07, 6.45) is 5.88. The quantitative estimate of drug-likeness (QED) is 0.639. The predicted molar refractivity (Wildman–Crippen MR) is 80.3 cm³/mol. The van der Waals surface area contributed by atoms with Crippen LogP contribution in [-0.2, 0) is 9.53 Å². The molecule has 0 bridgehead atoms. The van der Waals surface area contributed by atoms with Crippen LogP contribution in [0.3, 0.4) is 0 Å². The molecule has 2 amide bonds. The van der Waals surface area contributed by atoms with E-state index in [1.165, 1.54) is 0 Å². The second-order valence-electron chi connectivity index (χ2n) is 5.70. The van der Waals surface area contributed by atoms with Crippen molar-refractivity contribution in [3.05, 3.63) is 0 Å². The van der Waals surface area contributed by atoms with E-state index in [0.29, 0.717) is 25.5 Å². The molecule has 6 heteroatoms. The fourth-order valence-corrected chi connectivity index (χ4v) is 2.68. The lowest BCUT2D eigenvalue weighted by molar-refractivity contribution is -0.137. The van der Waals surface area contributed by atoms with Crippen molar-refractivity contribution in [3.8, 4) is 0 Å². The number of unbranched alkanes of at least 4 members (excludes halogenated alkanes) is 3. The summed E-state index contributed by atoms with van der Waals surface area (Å²) < 4.78 is 5.16. The van der Waals surface area contributed by atoms with Crippen LogP contribution >= 0.6 is 0 Å². The second-order valence-corrected chi connectivity index (χ2v) is 5.70. The van der Waals surface area contributed by atoms with Gasteiger partial charge >= 0.3 is 12.0 Å². The normalized spacial score (nSPS) is 18.5. The molecule has 1 unspecified atom stereocenters. The number of hydrogen-bond acceptors (Lipinski definition) is 3. The number of carbonyl (C=O) groups excluding carboxylic acids is 1. The minimum atomic E-state index is -0.737. The van der Waals surface area contributed by atoms with E-state index in [4.69, 9.17) is 9.84 Å². The SMILES string of the molecule is COCC1CCCN(C(=O)NCCCCCCC(=O)O)C1. The third-order valence-electron chi connectivity index (χ3n) is 3.80. The Bertz CT molecular complexity index is 321. The number of ether oxygens (including phenoxy) is 1. The number of carboxylic acid groups (broad SMARTS) is 1. The monoisotopic (exact) mass is 300 g/mol. The van der Waals surface area contributed by atoms with Crippen LogP contribution < -0.4 is 5.32 Å². The van der Waals surface area contributed by atoms with E-state index < -0.39 is 5.97 Å². The van der Waals surface area contributed by atoms with Crippen LogP contribution in [0.5, 0.6) is 0 Å². The first-order valence-corrected chi connectivity index (χ1v) is 7.87. The maximum absolute atomic E-state index is 12.0. The topological polar surface area (TPSA) is 78.9 Å². The average Bonchev–Trinajstić information content (AvgIpc) is 2.46. The zero-order chi connectivity index (χ0) is 15.5. The molecule has 0 aromatic heterocycles. The molecule has 0 aromatic carbocycles. The molecule has 0 saturated carbocycles. The summed E-state index contributed by atoms with van der Waals surface area (Å²) in [6, 6.07) is 0.0151. The molecule has 2 N–H and O–H groups in total. The van der Waals surface area contributed by atoms with Crippen LogP contribution in [0.2, 0.25) is 0 Å². The van der Waals surface area contributed by atoms with Gasteiger partial charge in [-0.3, -0.25) is 4.79 Å². The molecule has 1 aliphatic rings. The van der Waals surface area contributed by atoms with Crippen molar-refractivity contribution in [3.63, 3.8) is 0 Å². The van der Waals surface area contributed by atoms with Crippen LogP contribution in [0.15, 0.2) is 0 Å². The largest absolute Gasteiger partial charge is 0.481 e. The number of carboxylic acids is 1. The molecular weight excluding hydrogens is 272 g/mol. The number of methoxy groups -OCH3 is 1. The van der Waals surface area contributed by atoms with Gasteiger partial charge in [0.05, 0.1) is 6.61 Å². The maximum atomic E-state index is 12.0. The van der Waals surface area contributed by atoms with E-state index in [1.54, 1.807) is 7.11 Å². The van der Waals surface area contributed by atoms with Gasteiger partial charge in [-0.1, -0.05) is 12.8 Å². The van der Waals surface area contributed by atoms with Crippen molar-refractivity contribution in [2.45, 2.75) is 44.9 Å². The highest BCUT2D eigenvalue weighted by molar-refractivity contribution is 5.74. The van der Waals surface area contributed by atoms with Gasteiger partial charge in [-0.2, -0.15) is 0 Å². The highest BCUT2D eigenvalue weighted by atomic mass is 16.5. The molecule has 21 heavy (non-hydrogen) atoms. The Morgan fingerprint density at radius 1 is 1.29 bits per heavy atom. The van der Waals surface area contributed by atoms with Crippen LogP contribution in [0.4, 0.5) is 4.79 Å². The Hall–Kier alpha value is -1.30. The summed E-state index contributed by atoms with van der Waals surface area (Å²) >= 11 is 0. The van der Waals surface area contributed by atoms with Gasteiger partial charge in [0.1, 0.15) is 0 Å². The lowest BCUT2D eigenvalue weighted by Crippen LogP contribution is -2.46. The standard InChI is InChI=1S/C15H28N2O4/c1-21-12-13-7-6-10-17(11-13)15(20)16-9-5-3-2-4-8-14(18)19/h13H,2-12H2,1H3,(H,16,20)(H,18,19). The van der Waals surface area contributed by atoms with E-state index in [0.717, 1.165) is 45.2 Å². The lowest BCUT2D eigenvalue weighted by atomic mass is 9.99. The molecule has 0 aliphatic carbocycles. The smallest absolute Gasteiger partial charge is 0.317 e. The number of likely N-dealkylation sites (tertiary alicyclic amines) is 1. The second kappa shape index (κ2) is 10.4. The van der Waals surface area contributed by atoms with Crippen LogP contribution in [0.25, 0.3) is 0 Å². The van der Waals surface area contributed by atoms with E-state index in [9.17, 15) is 9.59 Å². The van der Waals surface area contributed by atoms with Crippen molar-refractivity contribution >= 4 is 12.0 Å². The summed E-state index contributed by atoms with van der Waals surface area (Å²) in [7, 11) is 1.70. The zero-order valence-electron chi connectivity index (χ0n) is 13.0. The predicted octanol–water partition coefficient (Wildman–Crippen LogP) is 2.09. The number of urea groups is 1. The van der Waals surface area contributed by atoms with E-state index in [2.05, 4.69) is 5.32 Å². The van der Waals surface area contributed by atoms with Gasteiger partial charge in [0.2, 0.25) is 0 Å². The van der Waals surface area contributed by atoms with Gasteiger partial charge in [0.25, 0.3) is 0 Å². The third kappa shape index (κ3) is 7.90.